The largest absolute Gasteiger partial charge is 0.446 e. The van der Waals surface area contributed by atoms with E-state index in [0.29, 0.717) is 5.92 Å². The second-order valence-corrected chi connectivity index (χ2v) is 5.69. The van der Waals surface area contributed by atoms with E-state index in [2.05, 4.69) is 27.9 Å². The molecule has 0 amide bonds. The molecule has 1 saturated heterocycles. The minimum atomic E-state index is -0.399. The van der Waals surface area contributed by atoms with Gasteiger partial charge in [0.05, 0.1) is 5.41 Å². The van der Waals surface area contributed by atoms with Crippen LogP contribution in [-0.2, 0) is 9.53 Å². The fraction of sp³-hybridized carbons (Fsp3) is 0.900. The van der Waals surface area contributed by atoms with Gasteiger partial charge in [0.15, 0.2) is 6.23 Å². The van der Waals surface area contributed by atoms with E-state index in [4.69, 9.17) is 4.74 Å². The third-order valence-electron chi connectivity index (χ3n) is 2.26. The number of nitrogens with one attached hydrogen (secondary N) is 1. The van der Waals surface area contributed by atoms with Gasteiger partial charge in [0.2, 0.25) is 0 Å². The average Bonchev–Trinajstić information content (AvgIpc) is 2.50. The molecule has 0 aromatic rings. The number of hydrogen-bond donors (Lipinski definition) is 1. The molecular formula is C10H18INO2. The van der Waals surface area contributed by atoms with E-state index in [1.165, 1.54) is 0 Å². The van der Waals surface area contributed by atoms with Crippen LogP contribution < -0.4 is 5.32 Å². The normalized spacial score (nSPS) is 27.7. The van der Waals surface area contributed by atoms with Crippen LogP contribution in [0.2, 0.25) is 0 Å². The predicted octanol–water partition coefficient (Wildman–Crippen LogP) is 1.95. The van der Waals surface area contributed by atoms with E-state index in [-0.39, 0.29) is 12.2 Å². The number of carbonyl (C=O) groups is 1. The molecule has 1 fully saturated rings. The van der Waals surface area contributed by atoms with Gasteiger partial charge in [-0.05, 0) is 26.7 Å². The second kappa shape index (κ2) is 4.79. The highest BCUT2D eigenvalue weighted by molar-refractivity contribution is 14.1. The fourth-order valence-electron chi connectivity index (χ4n) is 1.28. The molecule has 1 rings (SSSR count). The summed E-state index contributed by atoms with van der Waals surface area (Å²) < 4.78 is 6.47. The second-order valence-electron chi connectivity index (χ2n) is 4.81. The molecule has 2 atom stereocenters. The molecule has 0 aliphatic carbocycles. The topological polar surface area (TPSA) is 38.3 Å². The third-order valence-corrected chi connectivity index (χ3v) is 3.51. The zero-order chi connectivity index (χ0) is 10.8. The summed E-state index contributed by atoms with van der Waals surface area (Å²) in [6.07, 6.45) is 0.881. The maximum absolute atomic E-state index is 11.6. The number of rotatable bonds is 2. The number of alkyl halides is 1. The van der Waals surface area contributed by atoms with Crippen LogP contribution in [0.3, 0.4) is 0 Å². The Hall–Kier alpha value is 0.160. The van der Waals surface area contributed by atoms with Crippen molar-refractivity contribution in [2.75, 3.05) is 11.0 Å². The Morgan fingerprint density at radius 1 is 1.57 bits per heavy atom. The van der Waals surface area contributed by atoms with Crippen molar-refractivity contribution < 1.29 is 9.53 Å². The Labute approximate surface area is 99.1 Å². The van der Waals surface area contributed by atoms with Gasteiger partial charge in [0, 0.05) is 17.4 Å². The molecule has 14 heavy (non-hydrogen) atoms. The van der Waals surface area contributed by atoms with Crippen molar-refractivity contribution in [3.05, 3.63) is 0 Å². The minimum absolute atomic E-state index is 0.0681. The molecular weight excluding hydrogens is 293 g/mol. The molecule has 4 heteroatoms. The van der Waals surface area contributed by atoms with Gasteiger partial charge in [-0.1, -0.05) is 22.6 Å². The smallest absolute Gasteiger partial charge is 0.312 e. The van der Waals surface area contributed by atoms with Crippen molar-refractivity contribution in [1.29, 1.82) is 0 Å². The van der Waals surface area contributed by atoms with Crippen LogP contribution in [-0.4, -0.2) is 23.2 Å². The van der Waals surface area contributed by atoms with Gasteiger partial charge in [-0.15, -0.1) is 0 Å². The van der Waals surface area contributed by atoms with Crippen molar-refractivity contribution in [3.63, 3.8) is 0 Å². The Kier molecular flexibility index (Phi) is 4.18. The zero-order valence-corrected chi connectivity index (χ0v) is 11.1. The minimum Gasteiger partial charge on any atom is -0.446 e. The highest BCUT2D eigenvalue weighted by Crippen LogP contribution is 2.21. The molecule has 1 unspecified atom stereocenters. The first kappa shape index (κ1) is 12.2. The first-order valence-corrected chi connectivity index (χ1v) is 6.46. The van der Waals surface area contributed by atoms with Crippen molar-refractivity contribution in [3.8, 4) is 0 Å². The molecule has 1 aliphatic heterocycles. The van der Waals surface area contributed by atoms with Gasteiger partial charge in [0.25, 0.3) is 0 Å². The van der Waals surface area contributed by atoms with Gasteiger partial charge in [-0.2, -0.15) is 0 Å². The lowest BCUT2D eigenvalue weighted by atomic mass is 9.97. The van der Waals surface area contributed by atoms with Crippen molar-refractivity contribution in [1.82, 2.24) is 5.32 Å². The average molecular weight is 311 g/mol. The molecule has 0 saturated carbocycles. The van der Waals surface area contributed by atoms with E-state index in [1.54, 1.807) is 0 Å². The van der Waals surface area contributed by atoms with Gasteiger partial charge < -0.3 is 4.74 Å². The van der Waals surface area contributed by atoms with E-state index in [1.807, 2.05) is 20.8 Å². The maximum Gasteiger partial charge on any atom is 0.312 e. The van der Waals surface area contributed by atoms with E-state index < -0.39 is 5.41 Å². The summed E-state index contributed by atoms with van der Waals surface area (Å²) in [7, 11) is 0. The monoisotopic (exact) mass is 311 g/mol. The highest BCUT2D eigenvalue weighted by atomic mass is 127. The lowest BCUT2D eigenvalue weighted by molar-refractivity contribution is -0.159. The number of esters is 1. The lowest BCUT2D eigenvalue weighted by Gasteiger charge is -2.20. The van der Waals surface area contributed by atoms with Crippen molar-refractivity contribution >= 4 is 28.6 Å². The Bertz CT molecular complexity index is 213. The first-order valence-electron chi connectivity index (χ1n) is 4.94. The Morgan fingerprint density at radius 3 is 2.64 bits per heavy atom. The Balaban J connectivity index is 2.36. The van der Waals surface area contributed by atoms with Crippen LogP contribution >= 0.6 is 22.6 Å². The molecule has 3 nitrogen and oxygen atoms in total. The molecule has 1 heterocycles. The van der Waals surface area contributed by atoms with Gasteiger partial charge >= 0.3 is 5.97 Å². The number of carbonyl (C=O) groups excluding carboxylic acids is 1. The van der Waals surface area contributed by atoms with Crippen molar-refractivity contribution in [2.24, 2.45) is 11.3 Å². The standard InChI is InChI=1S/C10H18INO2/c1-10(2,3)9(13)14-8-4-7(5-11)6-12-8/h7-8,12H,4-6H2,1-3H3/t7-,8?/m0/s1. The molecule has 0 aromatic carbocycles. The summed E-state index contributed by atoms with van der Waals surface area (Å²) in [5.41, 5.74) is -0.399. The maximum atomic E-state index is 11.6. The number of halogens is 1. The molecule has 0 radical (unpaired) electrons. The SMILES string of the molecule is CC(C)(C)C(=O)OC1C[C@@H](CI)CN1. The molecule has 1 N–H and O–H groups in total. The fourth-order valence-corrected chi connectivity index (χ4v) is 1.95. The van der Waals surface area contributed by atoms with E-state index in [0.717, 1.165) is 17.4 Å². The summed E-state index contributed by atoms with van der Waals surface area (Å²) >= 11 is 2.37. The summed E-state index contributed by atoms with van der Waals surface area (Å²) in [5, 5.41) is 3.21. The van der Waals surface area contributed by atoms with Crippen LogP contribution in [0.25, 0.3) is 0 Å². The first-order chi connectivity index (χ1) is 6.43. The third kappa shape index (κ3) is 3.38. The zero-order valence-electron chi connectivity index (χ0n) is 8.97. The van der Waals surface area contributed by atoms with Crippen molar-refractivity contribution in [2.45, 2.75) is 33.4 Å². The summed E-state index contributed by atoms with van der Waals surface area (Å²) in [5.74, 6) is 0.525. The quantitative estimate of drug-likeness (QED) is 0.481. The summed E-state index contributed by atoms with van der Waals surface area (Å²) in [6.45, 7) is 6.59. The van der Waals surface area contributed by atoms with Crippen LogP contribution in [0.5, 0.6) is 0 Å². The molecule has 1 aliphatic rings. The molecule has 0 spiro atoms. The van der Waals surface area contributed by atoms with Crippen LogP contribution in [0, 0.1) is 11.3 Å². The van der Waals surface area contributed by atoms with Crippen LogP contribution in [0.1, 0.15) is 27.2 Å². The van der Waals surface area contributed by atoms with Crippen LogP contribution in [0.4, 0.5) is 0 Å². The molecule has 82 valence electrons. The summed E-state index contributed by atoms with van der Waals surface area (Å²) in [4.78, 5) is 11.6. The van der Waals surface area contributed by atoms with E-state index in [9.17, 15) is 4.79 Å². The Morgan fingerprint density at radius 2 is 2.21 bits per heavy atom. The molecule has 0 bridgehead atoms. The van der Waals surface area contributed by atoms with Gasteiger partial charge in [0.1, 0.15) is 0 Å². The number of ether oxygens (including phenoxy) is 1. The van der Waals surface area contributed by atoms with Gasteiger partial charge in [-0.25, -0.2) is 0 Å². The lowest BCUT2D eigenvalue weighted by Crippen LogP contribution is -2.33. The van der Waals surface area contributed by atoms with Gasteiger partial charge in [-0.3, -0.25) is 10.1 Å². The van der Waals surface area contributed by atoms with Crippen LogP contribution in [0.15, 0.2) is 0 Å². The predicted molar refractivity (Wildman–Crippen MR) is 64.3 cm³/mol. The summed E-state index contributed by atoms with van der Waals surface area (Å²) in [6, 6.07) is 0. The molecule has 0 aromatic heterocycles. The van der Waals surface area contributed by atoms with E-state index >= 15 is 0 Å². The number of hydrogen-bond acceptors (Lipinski definition) is 3. The highest BCUT2D eigenvalue weighted by Gasteiger charge is 2.30.